The number of rotatable bonds is 8. The van der Waals surface area contributed by atoms with E-state index in [1.165, 1.54) is 36.4 Å². The van der Waals surface area contributed by atoms with Crippen molar-refractivity contribution < 1.29 is 18.3 Å². The average molecular weight is 509 g/mol. The molecule has 0 unspecified atom stereocenters. The maximum Gasteiger partial charge on any atom is 0.266 e. The van der Waals surface area contributed by atoms with Gasteiger partial charge in [-0.2, -0.15) is 5.26 Å². The molecule has 0 saturated heterocycles. The second-order valence-corrected chi connectivity index (χ2v) is 7.86. The summed E-state index contributed by atoms with van der Waals surface area (Å²) in [5.41, 5.74) is 1.96. The summed E-state index contributed by atoms with van der Waals surface area (Å²) < 4.78 is 33.5. The van der Waals surface area contributed by atoms with E-state index in [-0.39, 0.29) is 23.7 Å². The number of carbonyl (C=O) groups excluding carboxylic acids is 1. The van der Waals surface area contributed by atoms with E-state index in [4.69, 9.17) is 4.74 Å². The second-order valence-electron chi connectivity index (χ2n) is 7.00. The number of para-hydroxylation sites is 1. The first-order valence-electron chi connectivity index (χ1n) is 9.89. The van der Waals surface area contributed by atoms with Crippen LogP contribution in [0.5, 0.6) is 5.75 Å². The van der Waals surface area contributed by atoms with Gasteiger partial charge in [-0.25, -0.2) is 8.78 Å². The minimum absolute atomic E-state index is 0.0123. The van der Waals surface area contributed by atoms with Crippen molar-refractivity contribution in [3.05, 3.63) is 112 Å². The lowest BCUT2D eigenvalue weighted by molar-refractivity contribution is -0.112. The van der Waals surface area contributed by atoms with Crippen LogP contribution in [0.3, 0.4) is 0 Å². The molecular weight excluding hydrogens is 490 g/mol. The molecule has 0 atom stereocenters. The molecular formula is C26H19BrF2N2O2. The summed E-state index contributed by atoms with van der Waals surface area (Å²) in [4.78, 5) is 12.5. The average Bonchev–Trinajstić information content (AvgIpc) is 2.79. The quantitative estimate of drug-likeness (QED) is 0.212. The number of ether oxygens (including phenoxy) is 1. The minimum Gasteiger partial charge on any atom is -0.487 e. The third-order valence-corrected chi connectivity index (χ3v) is 5.19. The molecule has 3 aromatic carbocycles. The van der Waals surface area contributed by atoms with Crippen LogP contribution in [0.4, 0.5) is 14.5 Å². The standard InChI is InChI=1S/C26H19BrF2N2O2/c1-2-5-19-12-18(13-20(15-30)26(32)31-24-7-4-3-6-23(24)29)14-22(27)25(19)33-16-17-8-10-21(28)11-9-17/h2-4,6-14H,1,5,16H2,(H,31,32)/b20-13-. The number of hydrogen-bond acceptors (Lipinski definition) is 3. The Labute approximate surface area is 199 Å². The second kappa shape index (κ2) is 11.2. The lowest BCUT2D eigenvalue weighted by Crippen LogP contribution is -2.14. The SMILES string of the molecule is C=CCc1cc(/C=C(/C#N)C(=O)Nc2ccccc2F)cc(Br)c1OCc1ccc(F)cc1. The molecule has 0 saturated carbocycles. The van der Waals surface area contributed by atoms with Crippen molar-refractivity contribution in [1.82, 2.24) is 0 Å². The zero-order valence-electron chi connectivity index (χ0n) is 17.4. The van der Waals surface area contributed by atoms with Gasteiger partial charge in [-0.1, -0.05) is 30.3 Å². The van der Waals surface area contributed by atoms with Gasteiger partial charge in [0.15, 0.2) is 0 Å². The largest absolute Gasteiger partial charge is 0.487 e. The Morgan fingerprint density at radius 1 is 1.15 bits per heavy atom. The molecule has 0 aliphatic carbocycles. The first-order valence-corrected chi connectivity index (χ1v) is 10.7. The normalized spacial score (nSPS) is 10.9. The molecule has 0 spiro atoms. The first kappa shape index (κ1) is 23.9. The maximum absolute atomic E-state index is 13.8. The summed E-state index contributed by atoms with van der Waals surface area (Å²) in [6, 6.07) is 17.1. The van der Waals surface area contributed by atoms with Gasteiger partial charge >= 0.3 is 0 Å². The Kier molecular flexibility index (Phi) is 8.11. The number of anilines is 1. The van der Waals surface area contributed by atoms with Gasteiger partial charge in [0.05, 0.1) is 10.2 Å². The topological polar surface area (TPSA) is 62.1 Å². The highest BCUT2D eigenvalue weighted by molar-refractivity contribution is 9.10. The third-order valence-electron chi connectivity index (χ3n) is 4.60. The zero-order valence-corrected chi connectivity index (χ0v) is 19.0. The number of amides is 1. The molecule has 0 radical (unpaired) electrons. The smallest absolute Gasteiger partial charge is 0.266 e. The number of halogens is 3. The predicted octanol–water partition coefficient (Wildman–Crippen LogP) is 6.58. The van der Waals surface area contributed by atoms with Gasteiger partial charge in [0, 0.05) is 0 Å². The summed E-state index contributed by atoms with van der Waals surface area (Å²) in [6.07, 6.45) is 3.59. The summed E-state index contributed by atoms with van der Waals surface area (Å²) in [5.74, 6) is -1.07. The molecule has 0 aliphatic rings. The Hall–Kier alpha value is -3.76. The van der Waals surface area contributed by atoms with Gasteiger partial charge in [0.2, 0.25) is 0 Å². The van der Waals surface area contributed by atoms with E-state index in [0.717, 1.165) is 11.1 Å². The first-order chi connectivity index (χ1) is 15.9. The molecule has 33 heavy (non-hydrogen) atoms. The van der Waals surface area contributed by atoms with Crippen LogP contribution in [0.15, 0.2) is 83.4 Å². The number of allylic oxidation sites excluding steroid dienone is 1. The minimum atomic E-state index is -0.722. The van der Waals surface area contributed by atoms with Crippen LogP contribution in [0.2, 0.25) is 0 Å². The van der Waals surface area contributed by atoms with E-state index in [9.17, 15) is 18.8 Å². The molecule has 0 heterocycles. The summed E-state index contributed by atoms with van der Waals surface area (Å²) in [5, 5.41) is 11.9. The Bertz CT molecular complexity index is 1250. The van der Waals surface area contributed by atoms with E-state index in [1.54, 1.807) is 36.4 Å². The molecule has 1 N–H and O–H groups in total. The molecule has 0 aliphatic heterocycles. The van der Waals surface area contributed by atoms with Gasteiger partial charge < -0.3 is 10.1 Å². The van der Waals surface area contributed by atoms with Gasteiger partial charge in [-0.3, -0.25) is 4.79 Å². The molecule has 3 rings (SSSR count). The van der Waals surface area contributed by atoms with E-state index in [0.29, 0.717) is 22.2 Å². The van der Waals surface area contributed by atoms with Crippen molar-refractivity contribution >= 4 is 33.6 Å². The fourth-order valence-corrected chi connectivity index (χ4v) is 3.66. The zero-order chi connectivity index (χ0) is 23.8. The summed E-state index contributed by atoms with van der Waals surface area (Å²) >= 11 is 3.48. The number of carbonyl (C=O) groups is 1. The van der Waals surface area contributed by atoms with Crippen LogP contribution in [-0.2, 0) is 17.8 Å². The fraction of sp³-hybridized carbons (Fsp3) is 0.0769. The van der Waals surface area contributed by atoms with E-state index in [2.05, 4.69) is 27.8 Å². The Morgan fingerprint density at radius 3 is 2.55 bits per heavy atom. The highest BCUT2D eigenvalue weighted by Gasteiger charge is 2.14. The molecule has 4 nitrogen and oxygen atoms in total. The lowest BCUT2D eigenvalue weighted by Gasteiger charge is -2.14. The van der Waals surface area contributed by atoms with Crippen LogP contribution in [-0.4, -0.2) is 5.91 Å². The number of nitrogens with one attached hydrogen (secondary N) is 1. The molecule has 0 bridgehead atoms. The van der Waals surface area contributed by atoms with Crippen LogP contribution >= 0.6 is 15.9 Å². The van der Waals surface area contributed by atoms with Gasteiger partial charge in [-0.05, 0) is 81.5 Å². The van der Waals surface area contributed by atoms with Crippen molar-refractivity contribution in [2.45, 2.75) is 13.0 Å². The number of nitriles is 1. The van der Waals surface area contributed by atoms with Crippen molar-refractivity contribution in [3.8, 4) is 11.8 Å². The van der Waals surface area contributed by atoms with Gasteiger partial charge in [0.25, 0.3) is 5.91 Å². The van der Waals surface area contributed by atoms with Gasteiger partial charge in [-0.15, -0.1) is 6.58 Å². The number of benzene rings is 3. The van der Waals surface area contributed by atoms with Gasteiger partial charge in [0.1, 0.15) is 35.6 Å². The Morgan fingerprint density at radius 2 is 1.88 bits per heavy atom. The van der Waals surface area contributed by atoms with Crippen molar-refractivity contribution in [2.24, 2.45) is 0 Å². The third kappa shape index (κ3) is 6.37. The highest BCUT2D eigenvalue weighted by atomic mass is 79.9. The fourth-order valence-electron chi connectivity index (χ4n) is 3.03. The molecule has 7 heteroatoms. The predicted molar refractivity (Wildman–Crippen MR) is 127 cm³/mol. The van der Waals surface area contributed by atoms with Crippen LogP contribution in [0, 0.1) is 23.0 Å². The molecule has 1 amide bonds. The molecule has 166 valence electrons. The van der Waals surface area contributed by atoms with Crippen LogP contribution in [0.1, 0.15) is 16.7 Å². The molecule has 3 aromatic rings. The number of hydrogen-bond donors (Lipinski definition) is 1. The van der Waals surface area contributed by atoms with E-state index < -0.39 is 11.7 Å². The summed E-state index contributed by atoms with van der Waals surface area (Å²) in [7, 11) is 0. The molecule has 0 fully saturated rings. The van der Waals surface area contributed by atoms with E-state index in [1.807, 2.05) is 6.07 Å². The van der Waals surface area contributed by atoms with E-state index >= 15 is 0 Å². The van der Waals surface area contributed by atoms with Crippen LogP contribution < -0.4 is 10.1 Å². The Balaban J connectivity index is 1.86. The van der Waals surface area contributed by atoms with Crippen LogP contribution in [0.25, 0.3) is 6.08 Å². The van der Waals surface area contributed by atoms with Crippen molar-refractivity contribution in [1.29, 1.82) is 5.26 Å². The maximum atomic E-state index is 13.8. The number of nitrogens with zero attached hydrogens (tertiary/aromatic N) is 1. The lowest BCUT2D eigenvalue weighted by atomic mass is 10.0. The summed E-state index contributed by atoms with van der Waals surface area (Å²) in [6.45, 7) is 3.99. The molecule has 0 aromatic heterocycles. The van der Waals surface area contributed by atoms with Crippen molar-refractivity contribution in [3.63, 3.8) is 0 Å². The highest BCUT2D eigenvalue weighted by Crippen LogP contribution is 2.33. The van der Waals surface area contributed by atoms with Crippen molar-refractivity contribution in [2.75, 3.05) is 5.32 Å². The monoisotopic (exact) mass is 508 g/mol.